The lowest BCUT2D eigenvalue weighted by Crippen LogP contribution is -2.30. The molecule has 3 N–H and O–H groups in total. The Hall–Kier alpha value is -1.20. The van der Waals surface area contributed by atoms with Crippen molar-refractivity contribution in [2.45, 2.75) is 72.3 Å². The Morgan fingerprint density at radius 3 is 2.56 bits per heavy atom. The Balaban J connectivity index is 2.75. The topological polar surface area (TPSA) is 84.9 Å². The zero-order valence-corrected chi connectivity index (χ0v) is 16.6. The van der Waals surface area contributed by atoms with Crippen LogP contribution in [0.25, 0.3) is 0 Å². The van der Waals surface area contributed by atoms with E-state index < -0.39 is 0 Å². The molecule has 144 valence electrons. The summed E-state index contributed by atoms with van der Waals surface area (Å²) in [6.45, 7) is 9.48. The van der Waals surface area contributed by atoms with Crippen LogP contribution in [-0.4, -0.2) is 42.9 Å². The van der Waals surface area contributed by atoms with E-state index in [2.05, 4.69) is 18.8 Å². The predicted octanol–water partition coefficient (Wildman–Crippen LogP) is 3.82. The smallest absolute Gasteiger partial charge is 0.168 e. The lowest BCUT2D eigenvalue weighted by molar-refractivity contribution is -0.117. The van der Waals surface area contributed by atoms with Gasteiger partial charge in [-0.3, -0.25) is 9.79 Å². The van der Waals surface area contributed by atoms with Crippen LogP contribution in [0.4, 0.5) is 0 Å². The van der Waals surface area contributed by atoms with E-state index in [0.29, 0.717) is 37.5 Å². The van der Waals surface area contributed by atoms with E-state index in [9.17, 15) is 9.90 Å². The number of nitrogens with zero attached hydrogens (tertiary/aromatic N) is 1. The van der Waals surface area contributed by atoms with Crippen LogP contribution >= 0.6 is 0 Å². The van der Waals surface area contributed by atoms with Gasteiger partial charge in [0.05, 0.1) is 12.2 Å². The molecule has 25 heavy (non-hydrogen) atoms. The number of hydrogen-bond donors (Lipinski definition) is 2. The first-order valence-electron chi connectivity index (χ1n) is 9.40. The Labute approximate surface area is 152 Å². The molecule has 0 unspecified atom stereocenters. The first-order chi connectivity index (χ1) is 11.7. The lowest BCUT2D eigenvalue weighted by atomic mass is 9.75. The van der Waals surface area contributed by atoms with Gasteiger partial charge < -0.3 is 15.6 Å². The number of methoxy groups -OCH3 is 1. The molecular formula is C20H36N2O3. The van der Waals surface area contributed by atoms with E-state index in [4.69, 9.17) is 10.5 Å². The molecule has 5 nitrogen and oxygen atoms in total. The monoisotopic (exact) mass is 352 g/mol. The van der Waals surface area contributed by atoms with Gasteiger partial charge in [0.1, 0.15) is 5.76 Å². The maximum absolute atomic E-state index is 12.6. The molecule has 0 aliphatic heterocycles. The van der Waals surface area contributed by atoms with Crippen molar-refractivity contribution < 1.29 is 14.6 Å². The van der Waals surface area contributed by atoms with Crippen molar-refractivity contribution in [2.75, 3.05) is 20.3 Å². The molecule has 0 aromatic carbocycles. The molecule has 0 fully saturated rings. The van der Waals surface area contributed by atoms with Gasteiger partial charge in [-0.25, -0.2) is 0 Å². The third-order valence-electron chi connectivity index (χ3n) is 4.41. The molecule has 0 radical (unpaired) electrons. The van der Waals surface area contributed by atoms with E-state index in [1.807, 2.05) is 13.8 Å². The summed E-state index contributed by atoms with van der Waals surface area (Å²) in [6, 6.07) is 0.0676. The molecular weight excluding hydrogens is 316 g/mol. The van der Waals surface area contributed by atoms with Gasteiger partial charge in [-0.15, -0.1) is 0 Å². The number of carbonyl (C=O) groups is 1. The molecule has 1 aliphatic rings. The van der Waals surface area contributed by atoms with Crippen molar-refractivity contribution in [2.24, 2.45) is 22.1 Å². The van der Waals surface area contributed by atoms with Crippen LogP contribution in [0.15, 0.2) is 16.3 Å². The van der Waals surface area contributed by atoms with Gasteiger partial charge in [0, 0.05) is 38.2 Å². The number of rotatable bonds is 10. The predicted molar refractivity (Wildman–Crippen MR) is 103 cm³/mol. The summed E-state index contributed by atoms with van der Waals surface area (Å²) < 4.78 is 5.04. The van der Waals surface area contributed by atoms with Crippen molar-refractivity contribution >= 4 is 11.5 Å². The van der Waals surface area contributed by atoms with Gasteiger partial charge in [-0.2, -0.15) is 0 Å². The van der Waals surface area contributed by atoms with Crippen molar-refractivity contribution in [3.05, 3.63) is 11.3 Å². The highest BCUT2D eigenvalue weighted by Gasteiger charge is 2.35. The van der Waals surface area contributed by atoms with Crippen LogP contribution in [-0.2, 0) is 9.53 Å². The highest BCUT2D eigenvalue weighted by molar-refractivity contribution is 6.23. The lowest BCUT2D eigenvalue weighted by Gasteiger charge is -2.30. The third-order valence-corrected chi connectivity index (χ3v) is 4.41. The standard InChI is InChI=1S/C20H36N2O3/c1-14(2)10-16(22-9-7-6-8-15(21)13-25-5)19-17(23)11-20(3,4)12-18(19)24/h14-15,23H,6-13,21H2,1-5H3/t15-/m0/s1. The van der Waals surface area contributed by atoms with E-state index in [-0.39, 0.29) is 23.0 Å². The molecule has 0 saturated carbocycles. The van der Waals surface area contributed by atoms with Gasteiger partial charge in [-0.05, 0) is 37.0 Å². The second-order valence-corrected chi connectivity index (χ2v) is 8.40. The van der Waals surface area contributed by atoms with Gasteiger partial charge >= 0.3 is 0 Å². The largest absolute Gasteiger partial charge is 0.511 e. The number of hydrogen-bond acceptors (Lipinski definition) is 5. The van der Waals surface area contributed by atoms with E-state index in [1.165, 1.54) is 0 Å². The second kappa shape index (κ2) is 10.1. The quantitative estimate of drug-likeness (QED) is 0.462. The molecule has 0 aromatic rings. The van der Waals surface area contributed by atoms with Crippen LogP contribution in [0.5, 0.6) is 0 Å². The van der Waals surface area contributed by atoms with Crippen molar-refractivity contribution in [1.29, 1.82) is 0 Å². The van der Waals surface area contributed by atoms with Crippen molar-refractivity contribution in [1.82, 2.24) is 0 Å². The van der Waals surface area contributed by atoms with Crippen LogP contribution in [0, 0.1) is 11.3 Å². The van der Waals surface area contributed by atoms with Crippen LogP contribution in [0.1, 0.15) is 66.2 Å². The van der Waals surface area contributed by atoms with E-state index in [1.54, 1.807) is 7.11 Å². The fourth-order valence-corrected chi connectivity index (χ4v) is 3.28. The average molecular weight is 353 g/mol. The number of carbonyl (C=O) groups excluding carboxylic acids is 1. The number of aliphatic hydroxyl groups is 1. The number of ether oxygens (including phenoxy) is 1. The summed E-state index contributed by atoms with van der Waals surface area (Å²) in [5.74, 6) is 0.620. The summed E-state index contributed by atoms with van der Waals surface area (Å²) >= 11 is 0. The van der Waals surface area contributed by atoms with E-state index in [0.717, 1.165) is 31.4 Å². The average Bonchev–Trinajstić information content (AvgIpc) is 2.44. The molecule has 0 saturated heterocycles. The van der Waals surface area contributed by atoms with Gasteiger partial charge in [0.15, 0.2) is 5.78 Å². The Kier molecular flexibility index (Phi) is 8.80. The Morgan fingerprint density at radius 2 is 2.00 bits per heavy atom. The zero-order chi connectivity index (χ0) is 19.0. The minimum absolute atomic E-state index is 0.0234. The molecule has 0 spiro atoms. The minimum atomic E-state index is -0.176. The highest BCUT2D eigenvalue weighted by Crippen LogP contribution is 2.36. The highest BCUT2D eigenvalue weighted by atomic mass is 16.5. The first kappa shape index (κ1) is 21.8. The minimum Gasteiger partial charge on any atom is -0.511 e. The van der Waals surface area contributed by atoms with Gasteiger partial charge in [-0.1, -0.05) is 27.7 Å². The van der Waals surface area contributed by atoms with Crippen LogP contribution < -0.4 is 5.73 Å². The third kappa shape index (κ3) is 7.70. The Bertz CT molecular complexity index is 507. The number of aliphatic hydroxyl groups excluding tert-OH is 1. The molecule has 0 aromatic heterocycles. The van der Waals surface area contributed by atoms with Crippen molar-refractivity contribution in [3.63, 3.8) is 0 Å². The first-order valence-corrected chi connectivity index (χ1v) is 9.40. The summed E-state index contributed by atoms with van der Waals surface area (Å²) in [4.78, 5) is 17.2. The molecule has 1 atom stereocenters. The SMILES string of the molecule is COC[C@@H](N)CCCCN=C(CC(C)C)C1=C(O)CC(C)(C)CC1=O. The molecule has 1 rings (SSSR count). The maximum Gasteiger partial charge on any atom is 0.168 e. The summed E-state index contributed by atoms with van der Waals surface area (Å²) in [5, 5.41) is 10.4. The van der Waals surface area contributed by atoms with Crippen molar-refractivity contribution in [3.8, 4) is 0 Å². The summed E-state index contributed by atoms with van der Waals surface area (Å²) in [7, 11) is 1.66. The molecule has 1 aliphatic carbocycles. The molecule has 5 heteroatoms. The maximum atomic E-state index is 12.6. The number of ketones is 1. The van der Waals surface area contributed by atoms with Crippen LogP contribution in [0.3, 0.4) is 0 Å². The summed E-state index contributed by atoms with van der Waals surface area (Å²) in [5.41, 5.74) is 7.00. The number of unbranched alkanes of at least 4 members (excludes halogenated alkanes) is 1. The van der Waals surface area contributed by atoms with Gasteiger partial charge in [0.2, 0.25) is 0 Å². The number of aliphatic imine (C=N–C) groups is 1. The number of allylic oxidation sites excluding steroid dienone is 2. The number of Topliss-reactive ketones (excluding diaryl/α,β-unsaturated/α-hetero) is 1. The van der Waals surface area contributed by atoms with E-state index >= 15 is 0 Å². The summed E-state index contributed by atoms with van der Waals surface area (Å²) in [6.07, 6.45) is 4.53. The molecule has 0 amide bonds. The number of nitrogens with two attached hydrogens (primary N) is 1. The fourth-order valence-electron chi connectivity index (χ4n) is 3.28. The second-order valence-electron chi connectivity index (χ2n) is 8.40. The molecule has 0 heterocycles. The Morgan fingerprint density at radius 1 is 1.32 bits per heavy atom. The normalized spacial score (nSPS) is 19.6. The van der Waals surface area contributed by atoms with Gasteiger partial charge in [0.25, 0.3) is 0 Å². The zero-order valence-electron chi connectivity index (χ0n) is 16.6. The van der Waals surface area contributed by atoms with Crippen LogP contribution in [0.2, 0.25) is 0 Å². The fraction of sp³-hybridized carbons (Fsp3) is 0.800. The molecule has 0 bridgehead atoms.